The molecule has 17 heteroatoms. The molecule has 1 aromatic rings. The second kappa shape index (κ2) is 18.6. The molecule has 3 saturated carbocycles. The molecule has 17 nitrogen and oxygen atoms in total. The fourth-order valence-corrected chi connectivity index (χ4v) is 10.7. The summed E-state index contributed by atoms with van der Waals surface area (Å²) in [4.78, 5) is 83.8. The van der Waals surface area contributed by atoms with Gasteiger partial charge in [-0.25, -0.2) is 14.4 Å². The van der Waals surface area contributed by atoms with Gasteiger partial charge < -0.3 is 53.8 Å². The molecule has 4 N–H and O–H groups in total. The first kappa shape index (κ1) is 48.6. The van der Waals surface area contributed by atoms with E-state index in [0.29, 0.717) is 24.2 Å². The molecule has 0 radical (unpaired) electrons. The number of benzene rings is 1. The average Bonchev–Trinajstić information content (AvgIpc) is 3.24. The van der Waals surface area contributed by atoms with Gasteiger partial charge in [0.05, 0.1) is 42.8 Å². The topological polar surface area (TPSA) is 240 Å². The Hall–Kier alpha value is -4.84. The van der Waals surface area contributed by atoms with E-state index in [0.717, 1.165) is 26.2 Å². The summed E-state index contributed by atoms with van der Waals surface area (Å²) in [5.41, 5.74) is -7.17. The lowest BCUT2D eigenvalue weighted by atomic mass is 9.44. The summed E-state index contributed by atoms with van der Waals surface area (Å²) in [5, 5.41) is 40.1. The maximum Gasteiger partial charge on any atom is 0.407 e. The number of allylic oxidation sites excluding steroid dienone is 1. The number of aliphatic hydroxyl groups excluding tert-OH is 2. The molecule has 1 aliphatic heterocycles. The Morgan fingerprint density at radius 1 is 1.00 bits per heavy atom. The largest absolute Gasteiger partial charge is 0.497 e. The summed E-state index contributed by atoms with van der Waals surface area (Å²) in [6, 6.07) is 4.68. The van der Waals surface area contributed by atoms with Crippen LogP contribution in [0.1, 0.15) is 117 Å². The van der Waals surface area contributed by atoms with Gasteiger partial charge in [-0.1, -0.05) is 44.9 Å². The van der Waals surface area contributed by atoms with Crippen molar-refractivity contribution in [1.82, 2.24) is 5.32 Å². The molecular weight excluding hydrogens is 835 g/mol. The number of carbonyl (C=O) groups is 6. The molecule has 1 saturated heterocycles. The van der Waals surface area contributed by atoms with Crippen LogP contribution in [0.3, 0.4) is 0 Å². The fourth-order valence-electron chi connectivity index (χ4n) is 10.7. The summed E-state index contributed by atoms with van der Waals surface area (Å²) in [6.45, 7) is 11.8. The lowest BCUT2D eigenvalue weighted by molar-refractivity contribution is -0.346. The van der Waals surface area contributed by atoms with Gasteiger partial charge in [-0.2, -0.15) is 0 Å². The van der Waals surface area contributed by atoms with Crippen LogP contribution in [0.15, 0.2) is 47.1 Å². The number of Topliss-reactive ketones (excluding diaryl/α,β-unsaturated/α-hetero) is 1. The summed E-state index contributed by atoms with van der Waals surface area (Å²) in [5.74, 6) is -5.95. The highest BCUT2D eigenvalue weighted by Gasteiger charge is 2.78. The summed E-state index contributed by atoms with van der Waals surface area (Å²) >= 11 is 0. The van der Waals surface area contributed by atoms with Gasteiger partial charge >= 0.3 is 30.0 Å². The zero-order valence-corrected chi connectivity index (χ0v) is 38.1. The molecule has 6 rings (SSSR count). The maximum absolute atomic E-state index is 15.6. The van der Waals surface area contributed by atoms with Gasteiger partial charge in [0.25, 0.3) is 0 Å². The van der Waals surface area contributed by atoms with Crippen molar-refractivity contribution in [2.24, 2.45) is 16.7 Å². The van der Waals surface area contributed by atoms with E-state index < -0.39 is 113 Å². The van der Waals surface area contributed by atoms with E-state index in [1.807, 2.05) is 0 Å². The monoisotopic (exact) mass is 897 g/mol. The highest BCUT2D eigenvalue weighted by Crippen LogP contribution is 2.64. The Kier molecular flexibility index (Phi) is 14.1. The first-order valence-electron chi connectivity index (χ1n) is 22.1. The smallest absolute Gasteiger partial charge is 0.407 e. The molecule has 1 aromatic carbocycles. The number of methoxy groups -OCH3 is 1. The van der Waals surface area contributed by atoms with Gasteiger partial charge in [0.15, 0.2) is 23.6 Å². The fraction of sp³-hybridized carbons (Fsp3) is 0.660. The number of rotatable bonds is 12. The normalized spacial score (nSPS) is 32.9. The molecule has 352 valence electrons. The van der Waals surface area contributed by atoms with Crippen LogP contribution in [0, 0.1) is 16.7 Å². The van der Waals surface area contributed by atoms with Gasteiger partial charge in [0.2, 0.25) is 0 Å². The average molecular weight is 898 g/mol. The van der Waals surface area contributed by atoms with Crippen molar-refractivity contribution < 1.29 is 77.2 Å². The van der Waals surface area contributed by atoms with E-state index in [1.165, 1.54) is 46.1 Å². The third kappa shape index (κ3) is 8.67. The molecule has 5 aliphatic rings. The number of hydrogen-bond donors (Lipinski definition) is 4. The molecule has 4 aliphatic carbocycles. The predicted molar refractivity (Wildman–Crippen MR) is 225 cm³/mol. The quantitative estimate of drug-likeness (QED) is 0.130. The Labute approximate surface area is 373 Å². The zero-order valence-electron chi connectivity index (χ0n) is 38.1. The lowest BCUT2D eigenvalue weighted by Gasteiger charge is -2.67. The number of aliphatic hydroxyl groups is 3. The van der Waals surface area contributed by atoms with E-state index in [-0.39, 0.29) is 42.3 Å². The van der Waals surface area contributed by atoms with Crippen LogP contribution >= 0.6 is 0 Å². The lowest BCUT2D eigenvalue weighted by Crippen LogP contribution is -2.82. The third-order valence-electron chi connectivity index (χ3n) is 14.2. The van der Waals surface area contributed by atoms with Crippen LogP contribution in [0.5, 0.6) is 5.75 Å². The van der Waals surface area contributed by atoms with Crippen LogP contribution in [-0.2, 0) is 47.6 Å². The highest BCUT2D eigenvalue weighted by atomic mass is 16.6. The minimum absolute atomic E-state index is 0.00167. The number of carbonyl (C=O) groups excluding carboxylic acids is 6. The highest BCUT2D eigenvalue weighted by molar-refractivity contribution is 5.96. The molecular formula is C47H63NO16. The van der Waals surface area contributed by atoms with Gasteiger partial charge in [-0.05, 0) is 82.7 Å². The Balaban J connectivity index is 1.51. The molecule has 1 amide bonds. The van der Waals surface area contributed by atoms with Gasteiger partial charge in [-0.3, -0.25) is 14.4 Å². The molecule has 11 atom stereocenters. The van der Waals surface area contributed by atoms with E-state index in [1.54, 1.807) is 39.8 Å². The molecule has 64 heavy (non-hydrogen) atoms. The van der Waals surface area contributed by atoms with E-state index >= 15 is 4.79 Å². The number of alkyl carbamates (subject to hydrolysis) is 1. The number of fused-ring (bicyclic) bond motifs is 5. The minimum Gasteiger partial charge on any atom is -0.497 e. The van der Waals surface area contributed by atoms with Crippen molar-refractivity contribution in [3.63, 3.8) is 0 Å². The molecule has 2 bridgehead atoms. The van der Waals surface area contributed by atoms with Crippen molar-refractivity contribution in [3.8, 4) is 5.75 Å². The molecule has 4 fully saturated rings. The van der Waals surface area contributed by atoms with Crippen LogP contribution in [0.2, 0.25) is 0 Å². The van der Waals surface area contributed by atoms with Crippen molar-refractivity contribution in [3.05, 3.63) is 52.6 Å². The van der Waals surface area contributed by atoms with Crippen LogP contribution in [0.25, 0.3) is 0 Å². The van der Waals surface area contributed by atoms with Crippen LogP contribution in [-0.4, -0.2) is 125 Å². The van der Waals surface area contributed by atoms with Crippen molar-refractivity contribution in [2.75, 3.05) is 13.7 Å². The van der Waals surface area contributed by atoms with Gasteiger partial charge in [0.1, 0.15) is 35.8 Å². The number of esters is 4. The molecule has 0 aromatic heterocycles. The number of nitrogens with one attached hydrogen (secondary N) is 1. The minimum atomic E-state index is -2.42. The van der Waals surface area contributed by atoms with Crippen molar-refractivity contribution in [1.29, 1.82) is 0 Å². The maximum atomic E-state index is 15.6. The zero-order chi connectivity index (χ0) is 47.1. The van der Waals surface area contributed by atoms with E-state index in [2.05, 4.69) is 5.32 Å². The second-order valence-electron chi connectivity index (χ2n) is 18.8. The SMILES string of the molecule is CCC(=O)O[C@H]1C(=O)[C@@]2(C)[C@H]([C@H](OC(=O)c3cccc(OC)c3)[C@]3(O)C[C@H](OC(=O)[C@H](O)[C@H](C=C(C)C)NC(=O)OC4CCCCC4)C(C)=C1C3(C)C)[C@]1(OC(C)=O)CO[C@@H]1C[C@@H]2O. The van der Waals surface area contributed by atoms with Gasteiger partial charge in [0, 0.05) is 31.6 Å². The standard InChI is InChI=1S/C47H63NO16/c1-10-34(51)62-37-35-25(4)31(61-42(55)36(52)30(19-24(2)3)48-43(56)60-28-16-12-11-13-17-28)22-47(57,44(35,6)7)40(63-41(54)27-15-14-18-29(20-27)58-9)38-45(8,39(37)53)32(50)21-33-46(38,23-59-33)64-26(5)49/h14-15,18-20,28,30-33,36-38,40,50,52,57H,10-13,16-17,21-23H2,1-9H3,(H,48,56)/t30-,31-,32-,33+,36+,37+,38-,40-,45+,46-,47+/m0/s1. The molecule has 1 heterocycles. The third-order valence-corrected chi connectivity index (χ3v) is 14.2. The van der Waals surface area contributed by atoms with Gasteiger partial charge in [-0.15, -0.1) is 0 Å². The second-order valence-corrected chi connectivity index (χ2v) is 18.8. The van der Waals surface area contributed by atoms with Crippen LogP contribution < -0.4 is 10.1 Å². The van der Waals surface area contributed by atoms with Crippen molar-refractivity contribution in [2.45, 2.75) is 167 Å². The molecule has 0 spiro atoms. The van der Waals surface area contributed by atoms with E-state index in [4.69, 9.17) is 33.2 Å². The summed E-state index contributed by atoms with van der Waals surface area (Å²) in [6.07, 6.45) is -6.27. The van der Waals surface area contributed by atoms with E-state index in [9.17, 15) is 39.3 Å². The van der Waals surface area contributed by atoms with Crippen LogP contribution in [0.4, 0.5) is 4.79 Å². The molecule has 0 unspecified atom stereocenters. The summed E-state index contributed by atoms with van der Waals surface area (Å²) in [7, 11) is 1.41. The van der Waals surface area contributed by atoms with Crippen molar-refractivity contribution >= 4 is 35.8 Å². The number of ether oxygens (including phenoxy) is 7. The first-order valence-corrected chi connectivity index (χ1v) is 22.1. The Bertz CT molecular complexity index is 2070. The number of amides is 1. The summed E-state index contributed by atoms with van der Waals surface area (Å²) < 4.78 is 41.5. The predicted octanol–water partition coefficient (Wildman–Crippen LogP) is 4.36. The Morgan fingerprint density at radius 3 is 2.28 bits per heavy atom. The number of ketones is 1. The number of hydrogen-bond acceptors (Lipinski definition) is 16. The Morgan fingerprint density at radius 2 is 1.69 bits per heavy atom. The first-order chi connectivity index (χ1) is 30.0.